The molecule has 0 aromatic carbocycles. The lowest BCUT2D eigenvalue weighted by atomic mass is 10.2. The third-order valence-electron chi connectivity index (χ3n) is 2.67. The van der Waals surface area contributed by atoms with Crippen molar-refractivity contribution in [1.29, 1.82) is 0 Å². The lowest BCUT2D eigenvalue weighted by Gasteiger charge is -2.00. The van der Waals surface area contributed by atoms with E-state index in [1.54, 1.807) is 6.20 Å². The van der Waals surface area contributed by atoms with Crippen LogP contribution in [-0.2, 0) is 6.54 Å². The first-order valence-electron chi connectivity index (χ1n) is 5.11. The molecule has 0 bridgehead atoms. The van der Waals surface area contributed by atoms with E-state index in [1.807, 2.05) is 6.20 Å². The molecule has 0 aliphatic heterocycles. The number of nitrogens with zero attached hydrogens (tertiary/aromatic N) is 1. The van der Waals surface area contributed by atoms with Gasteiger partial charge in [0.25, 0.3) is 0 Å². The first kappa shape index (κ1) is 11.5. The number of halogens is 1. The van der Waals surface area contributed by atoms with E-state index in [0.717, 1.165) is 24.3 Å². The second-order valence-electron chi connectivity index (χ2n) is 3.81. The lowest BCUT2D eigenvalue weighted by molar-refractivity contribution is 0.589. The molecule has 1 aliphatic carbocycles. The monoisotopic (exact) mass is 215 g/mol. The Morgan fingerprint density at radius 2 is 2.50 bits per heavy atom. The number of H-pyrrole nitrogens is 1. The summed E-state index contributed by atoms with van der Waals surface area (Å²) in [6.45, 7) is 3.14. The van der Waals surface area contributed by atoms with Gasteiger partial charge in [-0.05, 0) is 18.8 Å². The fourth-order valence-electron chi connectivity index (χ4n) is 1.81. The van der Waals surface area contributed by atoms with E-state index in [9.17, 15) is 0 Å². The molecule has 1 fully saturated rings. The Hall–Kier alpha value is -0.540. The Bertz CT molecular complexity index is 248. The van der Waals surface area contributed by atoms with Gasteiger partial charge in [0.15, 0.2) is 0 Å². The molecule has 4 heteroatoms. The molecule has 1 aromatic heterocycles. The maximum atomic E-state index is 4.17. The van der Waals surface area contributed by atoms with Crippen molar-refractivity contribution in [3.63, 3.8) is 0 Å². The quantitative estimate of drug-likeness (QED) is 0.790. The van der Waals surface area contributed by atoms with E-state index in [2.05, 4.69) is 22.2 Å². The number of nitrogens with one attached hydrogen (secondary N) is 2. The van der Waals surface area contributed by atoms with E-state index in [1.165, 1.54) is 19.3 Å². The van der Waals surface area contributed by atoms with E-state index >= 15 is 0 Å². The highest BCUT2D eigenvalue weighted by molar-refractivity contribution is 5.85. The minimum Gasteiger partial charge on any atom is -0.348 e. The smallest absolute Gasteiger partial charge is 0.120 e. The minimum absolute atomic E-state index is 0. The molecule has 1 aromatic rings. The van der Waals surface area contributed by atoms with Crippen molar-refractivity contribution in [2.24, 2.45) is 5.92 Å². The number of imidazole rings is 1. The molecular weight excluding hydrogens is 198 g/mol. The van der Waals surface area contributed by atoms with Crippen LogP contribution in [0.4, 0.5) is 0 Å². The summed E-state index contributed by atoms with van der Waals surface area (Å²) in [5, 5.41) is 3.50. The maximum Gasteiger partial charge on any atom is 0.120 e. The Morgan fingerprint density at radius 3 is 3.14 bits per heavy atom. The molecule has 14 heavy (non-hydrogen) atoms. The van der Waals surface area contributed by atoms with Crippen LogP contribution in [0.25, 0.3) is 0 Å². The average Bonchev–Trinajstić information content (AvgIpc) is 2.66. The summed E-state index contributed by atoms with van der Waals surface area (Å²) in [6.07, 6.45) is 7.70. The standard InChI is InChI=1S/C10H17N3.ClH/c1-2-3-8-6-9(8)13-7-10-11-4-5-12-10;/h4-5,8-9,13H,2-3,6-7H2,1H3,(H,11,12);1H. The largest absolute Gasteiger partial charge is 0.348 e. The Labute approximate surface area is 91.1 Å². The van der Waals surface area contributed by atoms with Gasteiger partial charge in [-0.15, -0.1) is 12.4 Å². The summed E-state index contributed by atoms with van der Waals surface area (Å²) < 4.78 is 0. The number of aromatic amines is 1. The van der Waals surface area contributed by atoms with Crippen molar-refractivity contribution in [3.05, 3.63) is 18.2 Å². The van der Waals surface area contributed by atoms with Crippen LogP contribution < -0.4 is 5.32 Å². The van der Waals surface area contributed by atoms with Crippen LogP contribution in [0.1, 0.15) is 32.0 Å². The molecule has 2 N–H and O–H groups in total. The van der Waals surface area contributed by atoms with Crippen molar-refractivity contribution in [2.45, 2.75) is 38.8 Å². The molecular formula is C10H18ClN3. The molecule has 2 unspecified atom stereocenters. The van der Waals surface area contributed by atoms with Gasteiger partial charge in [0.2, 0.25) is 0 Å². The van der Waals surface area contributed by atoms with Crippen LogP contribution in [0.5, 0.6) is 0 Å². The molecule has 1 heterocycles. The summed E-state index contributed by atoms with van der Waals surface area (Å²) >= 11 is 0. The summed E-state index contributed by atoms with van der Waals surface area (Å²) in [5.41, 5.74) is 0. The molecule has 3 nitrogen and oxygen atoms in total. The lowest BCUT2D eigenvalue weighted by Crippen LogP contribution is -2.18. The van der Waals surface area contributed by atoms with Gasteiger partial charge in [-0.3, -0.25) is 0 Å². The molecule has 80 valence electrons. The van der Waals surface area contributed by atoms with Gasteiger partial charge in [-0.25, -0.2) is 4.98 Å². The zero-order valence-electron chi connectivity index (χ0n) is 8.49. The van der Waals surface area contributed by atoms with Crippen LogP contribution in [0.15, 0.2) is 12.4 Å². The van der Waals surface area contributed by atoms with E-state index < -0.39 is 0 Å². The highest BCUT2D eigenvalue weighted by Gasteiger charge is 2.35. The summed E-state index contributed by atoms with van der Waals surface area (Å²) in [7, 11) is 0. The first-order valence-corrected chi connectivity index (χ1v) is 5.11. The molecule has 0 radical (unpaired) electrons. The molecule has 1 aliphatic rings. The molecule has 0 spiro atoms. The topological polar surface area (TPSA) is 40.7 Å². The third kappa shape index (κ3) is 3.00. The Kier molecular flexibility index (Phi) is 4.42. The molecule has 2 rings (SSSR count). The van der Waals surface area contributed by atoms with Crippen LogP contribution in [0.2, 0.25) is 0 Å². The maximum absolute atomic E-state index is 4.17. The second-order valence-corrected chi connectivity index (χ2v) is 3.81. The van der Waals surface area contributed by atoms with Gasteiger partial charge in [-0.2, -0.15) is 0 Å². The molecule has 0 saturated heterocycles. The minimum atomic E-state index is 0. The van der Waals surface area contributed by atoms with Gasteiger partial charge < -0.3 is 10.3 Å². The van der Waals surface area contributed by atoms with Gasteiger partial charge in [0.1, 0.15) is 5.82 Å². The molecule has 1 saturated carbocycles. The molecule has 0 amide bonds. The average molecular weight is 216 g/mol. The van der Waals surface area contributed by atoms with Crippen LogP contribution in [0, 0.1) is 5.92 Å². The fraction of sp³-hybridized carbons (Fsp3) is 0.700. The van der Waals surface area contributed by atoms with Crippen LogP contribution >= 0.6 is 12.4 Å². The third-order valence-corrected chi connectivity index (χ3v) is 2.67. The molecule has 2 atom stereocenters. The van der Waals surface area contributed by atoms with E-state index in [0.29, 0.717) is 0 Å². The zero-order valence-corrected chi connectivity index (χ0v) is 9.31. The SMILES string of the molecule is CCCC1CC1NCc1ncc[nH]1.Cl. The van der Waals surface area contributed by atoms with Crippen LogP contribution in [-0.4, -0.2) is 16.0 Å². The number of hydrogen-bond acceptors (Lipinski definition) is 2. The highest BCUT2D eigenvalue weighted by Crippen LogP contribution is 2.34. The predicted molar refractivity (Wildman–Crippen MR) is 59.5 cm³/mol. The Morgan fingerprint density at radius 1 is 1.64 bits per heavy atom. The van der Waals surface area contributed by atoms with Gasteiger partial charge >= 0.3 is 0 Å². The number of hydrogen-bond donors (Lipinski definition) is 2. The summed E-state index contributed by atoms with van der Waals surface area (Å²) in [4.78, 5) is 7.26. The van der Waals surface area contributed by atoms with Crippen molar-refractivity contribution in [3.8, 4) is 0 Å². The van der Waals surface area contributed by atoms with Gasteiger partial charge in [0, 0.05) is 18.4 Å². The van der Waals surface area contributed by atoms with E-state index in [-0.39, 0.29) is 12.4 Å². The summed E-state index contributed by atoms with van der Waals surface area (Å²) in [5.74, 6) is 1.97. The van der Waals surface area contributed by atoms with Gasteiger partial charge in [-0.1, -0.05) is 13.3 Å². The number of rotatable bonds is 5. The van der Waals surface area contributed by atoms with E-state index in [4.69, 9.17) is 0 Å². The van der Waals surface area contributed by atoms with Crippen molar-refractivity contribution >= 4 is 12.4 Å². The summed E-state index contributed by atoms with van der Waals surface area (Å²) in [6, 6.07) is 0.755. The van der Waals surface area contributed by atoms with Gasteiger partial charge in [0.05, 0.1) is 6.54 Å². The first-order chi connectivity index (χ1) is 6.40. The second kappa shape index (κ2) is 5.37. The fourth-order valence-corrected chi connectivity index (χ4v) is 1.81. The number of aromatic nitrogens is 2. The highest BCUT2D eigenvalue weighted by atomic mass is 35.5. The predicted octanol–water partition coefficient (Wildman–Crippen LogP) is 2.11. The normalized spacial score (nSPS) is 24.4. The Balaban J connectivity index is 0.000000980. The van der Waals surface area contributed by atoms with Crippen molar-refractivity contribution in [2.75, 3.05) is 0 Å². The zero-order chi connectivity index (χ0) is 9.10. The van der Waals surface area contributed by atoms with Crippen LogP contribution in [0.3, 0.4) is 0 Å². The van der Waals surface area contributed by atoms with Crippen molar-refractivity contribution < 1.29 is 0 Å². The van der Waals surface area contributed by atoms with Crippen molar-refractivity contribution in [1.82, 2.24) is 15.3 Å².